The highest BCUT2D eigenvalue weighted by Gasteiger charge is 2.20. The number of aromatic nitrogens is 1. The van der Waals surface area contributed by atoms with Crippen LogP contribution in [0.3, 0.4) is 0 Å². The van der Waals surface area contributed by atoms with Gasteiger partial charge in [0, 0.05) is 38.8 Å². The second kappa shape index (κ2) is 6.30. The first-order valence-corrected chi connectivity index (χ1v) is 8.58. The van der Waals surface area contributed by atoms with Crippen molar-refractivity contribution in [3.8, 4) is 0 Å². The fourth-order valence-corrected chi connectivity index (χ4v) is 3.88. The van der Waals surface area contributed by atoms with Gasteiger partial charge in [-0.2, -0.15) is 0 Å². The largest absolute Gasteiger partial charge is 0.345 e. The summed E-state index contributed by atoms with van der Waals surface area (Å²) in [5, 5.41) is 1.17. The van der Waals surface area contributed by atoms with Crippen LogP contribution < -0.4 is 10.6 Å². The number of hydrogen-bond acceptors (Lipinski definition) is 5. The van der Waals surface area contributed by atoms with Gasteiger partial charge in [0.1, 0.15) is 0 Å². The number of fused-ring (bicyclic) bond motifs is 1. The lowest BCUT2D eigenvalue weighted by Crippen LogP contribution is -2.49. The van der Waals surface area contributed by atoms with E-state index >= 15 is 0 Å². The Balaban J connectivity index is 1.67. The molecule has 2 aromatic rings. The number of thiazole rings is 1. The number of nitrogens with two attached hydrogens (primary N) is 1. The fourth-order valence-electron chi connectivity index (χ4n) is 2.79. The second-order valence-electron chi connectivity index (χ2n) is 5.88. The van der Waals surface area contributed by atoms with E-state index in [0.717, 1.165) is 44.7 Å². The molecule has 4 nitrogen and oxygen atoms in total. The first-order valence-electron chi connectivity index (χ1n) is 7.76. The summed E-state index contributed by atoms with van der Waals surface area (Å²) in [6, 6.07) is 6.67. The lowest BCUT2D eigenvalue weighted by Gasteiger charge is -2.35. The molecule has 1 unspecified atom stereocenters. The highest BCUT2D eigenvalue weighted by atomic mass is 32.1. The van der Waals surface area contributed by atoms with E-state index in [4.69, 9.17) is 10.7 Å². The molecule has 1 atom stereocenters. The van der Waals surface area contributed by atoms with Crippen LogP contribution in [0.1, 0.15) is 18.9 Å². The minimum absolute atomic E-state index is 0.307. The monoisotopic (exact) mass is 304 g/mol. The van der Waals surface area contributed by atoms with Gasteiger partial charge in [-0.25, -0.2) is 4.98 Å². The van der Waals surface area contributed by atoms with Gasteiger partial charge in [0.05, 0.1) is 10.2 Å². The molecular formula is C16H24N4S. The molecule has 1 aliphatic heterocycles. The number of piperazine rings is 1. The van der Waals surface area contributed by atoms with Gasteiger partial charge in [-0.1, -0.05) is 30.4 Å². The van der Waals surface area contributed by atoms with Crippen molar-refractivity contribution < 1.29 is 0 Å². The summed E-state index contributed by atoms with van der Waals surface area (Å²) >= 11 is 1.82. The second-order valence-corrected chi connectivity index (χ2v) is 6.85. The maximum Gasteiger partial charge on any atom is 0.186 e. The van der Waals surface area contributed by atoms with Gasteiger partial charge in [0.2, 0.25) is 0 Å². The van der Waals surface area contributed by atoms with Crippen molar-refractivity contribution in [3.05, 3.63) is 23.8 Å². The molecule has 1 aliphatic rings. The number of benzene rings is 1. The molecule has 2 N–H and O–H groups in total. The van der Waals surface area contributed by atoms with E-state index in [1.807, 2.05) is 11.3 Å². The molecule has 1 saturated heterocycles. The van der Waals surface area contributed by atoms with Crippen LogP contribution in [0.5, 0.6) is 0 Å². The molecule has 0 amide bonds. The predicted molar refractivity (Wildman–Crippen MR) is 91.3 cm³/mol. The molecule has 1 fully saturated rings. The van der Waals surface area contributed by atoms with Crippen LogP contribution in [0.4, 0.5) is 5.13 Å². The van der Waals surface area contributed by atoms with Crippen LogP contribution in [0, 0.1) is 6.92 Å². The number of aryl methyl sites for hydroxylation is 1. The number of rotatable bonds is 4. The molecule has 5 heteroatoms. The van der Waals surface area contributed by atoms with Crippen LogP contribution in [0.2, 0.25) is 0 Å². The first-order chi connectivity index (χ1) is 10.2. The van der Waals surface area contributed by atoms with Crippen molar-refractivity contribution in [1.29, 1.82) is 0 Å². The zero-order chi connectivity index (χ0) is 14.8. The quantitative estimate of drug-likeness (QED) is 0.942. The molecule has 1 aromatic heterocycles. The van der Waals surface area contributed by atoms with Crippen molar-refractivity contribution in [2.24, 2.45) is 5.73 Å². The summed E-state index contributed by atoms with van der Waals surface area (Å²) in [6.45, 7) is 9.61. The van der Waals surface area contributed by atoms with Crippen molar-refractivity contribution >= 4 is 26.7 Å². The van der Waals surface area contributed by atoms with Crippen LogP contribution in [-0.4, -0.2) is 48.6 Å². The summed E-state index contributed by atoms with van der Waals surface area (Å²) in [7, 11) is 0. The Bertz CT molecular complexity index is 601. The lowest BCUT2D eigenvalue weighted by atomic mass is 10.2. The summed E-state index contributed by atoms with van der Waals surface area (Å²) in [5.74, 6) is 0. The highest BCUT2D eigenvalue weighted by molar-refractivity contribution is 7.22. The molecule has 114 valence electrons. The third-order valence-corrected chi connectivity index (χ3v) is 5.53. The first kappa shape index (κ1) is 14.8. The normalized spacial score (nSPS) is 18.3. The molecule has 3 rings (SSSR count). The SMILES string of the molecule is CCC(N)CN1CCN(c2nc3cccc(C)c3s2)CC1. The van der Waals surface area contributed by atoms with Gasteiger partial charge >= 0.3 is 0 Å². The summed E-state index contributed by atoms with van der Waals surface area (Å²) < 4.78 is 1.32. The van der Waals surface area contributed by atoms with Crippen LogP contribution in [0.25, 0.3) is 10.2 Å². The van der Waals surface area contributed by atoms with Crippen LogP contribution in [0.15, 0.2) is 18.2 Å². The van der Waals surface area contributed by atoms with Crippen LogP contribution in [-0.2, 0) is 0 Å². The average Bonchev–Trinajstić information content (AvgIpc) is 2.93. The van der Waals surface area contributed by atoms with Gasteiger partial charge in [-0.15, -0.1) is 0 Å². The molecular weight excluding hydrogens is 280 g/mol. The topological polar surface area (TPSA) is 45.4 Å². The van der Waals surface area contributed by atoms with Gasteiger partial charge in [0.15, 0.2) is 5.13 Å². The van der Waals surface area contributed by atoms with E-state index in [1.165, 1.54) is 15.4 Å². The minimum Gasteiger partial charge on any atom is -0.345 e. The van der Waals surface area contributed by atoms with Gasteiger partial charge in [-0.3, -0.25) is 4.90 Å². The van der Waals surface area contributed by atoms with Crippen molar-refractivity contribution in [1.82, 2.24) is 9.88 Å². The maximum absolute atomic E-state index is 6.05. The molecule has 0 saturated carbocycles. The van der Waals surface area contributed by atoms with Crippen molar-refractivity contribution in [2.45, 2.75) is 26.3 Å². The lowest BCUT2D eigenvalue weighted by molar-refractivity contribution is 0.241. The molecule has 0 bridgehead atoms. The van der Waals surface area contributed by atoms with Gasteiger partial charge in [0.25, 0.3) is 0 Å². The Kier molecular flexibility index (Phi) is 4.42. The van der Waals surface area contributed by atoms with Gasteiger partial charge in [-0.05, 0) is 25.0 Å². The smallest absolute Gasteiger partial charge is 0.186 e. The standard InChI is InChI=1S/C16H24N4S/c1-3-13(17)11-19-7-9-20(10-8-19)16-18-14-6-4-5-12(2)15(14)21-16/h4-6,13H,3,7-11,17H2,1-2H3. The molecule has 2 heterocycles. The molecule has 0 aliphatic carbocycles. The molecule has 0 radical (unpaired) electrons. The molecule has 1 aromatic carbocycles. The van der Waals surface area contributed by atoms with Gasteiger partial charge < -0.3 is 10.6 Å². The van der Waals surface area contributed by atoms with E-state index in [-0.39, 0.29) is 0 Å². The third kappa shape index (κ3) is 3.20. The Labute approximate surface area is 130 Å². The van der Waals surface area contributed by atoms with E-state index < -0.39 is 0 Å². The van der Waals surface area contributed by atoms with E-state index in [2.05, 4.69) is 41.8 Å². The fraction of sp³-hybridized carbons (Fsp3) is 0.562. The minimum atomic E-state index is 0.307. The Morgan fingerprint density at radius 1 is 1.29 bits per heavy atom. The summed E-state index contributed by atoms with van der Waals surface area (Å²) in [6.07, 6.45) is 1.05. The van der Waals surface area contributed by atoms with E-state index in [0.29, 0.717) is 6.04 Å². The third-order valence-electron chi connectivity index (χ3n) is 4.26. The Morgan fingerprint density at radius 2 is 2.05 bits per heavy atom. The Hall–Kier alpha value is -1.17. The zero-order valence-corrected chi connectivity index (χ0v) is 13.7. The number of anilines is 1. The van der Waals surface area contributed by atoms with Crippen LogP contribution >= 0.6 is 11.3 Å². The highest BCUT2D eigenvalue weighted by Crippen LogP contribution is 2.31. The van der Waals surface area contributed by atoms with Crippen molar-refractivity contribution in [3.63, 3.8) is 0 Å². The average molecular weight is 304 g/mol. The molecule has 0 spiro atoms. The summed E-state index contributed by atoms with van der Waals surface area (Å²) in [4.78, 5) is 9.69. The number of hydrogen-bond donors (Lipinski definition) is 1. The zero-order valence-electron chi connectivity index (χ0n) is 12.9. The number of nitrogens with zero attached hydrogens (tertiary/aromatic N) is 3. The van der Waals surface area contributed by atoms with E-state index in [9.17, 15) is 0 Å². The maximum atomic E-state index is 6.05. The predicted octanol–water partition coefficient (Wildman–Crippen LogP) is 2.46. The molecule has 21 heavy (non-hydrogen) atoms. The summed E-state index contributed by atoms with van der Waals surface area (Å²) in [5.41, 5.74) is 8.50. The van der Waals surface area contributed by atoms with E-state index in [1.54, 1.807) is 0 Å². The Morgan fingerprint density at radius 3 is 2.71 bits per heavy atom. The van der Waals surface area contributed by atoms with Crippen molar-refractivity contribution in [2.75, 3.05) is 37.6 Å².